The Kier molecular flexibility index (Phi) is 7.23. The number of methoxy groups -OCH3 is 1. The van der Waals surface area contributed by atoms with Crippen molar-refractivity contribution in [1.29, 1.82) is 0 Å². The lowest BCUT2D eigenvalue weighted by Crippen LogP contribution is -2.51. The second-order valence-electron chi connectivity index (χ2n) is 6.26. The van der Waals surface area contributed by atoms with Crippen molar-refractivity contribution in [2.45, 2.75) is 18.9 Å². The molecule has 0 spiro atoms. The minimum atomic E-state index is -0.382. The lowest BCUT2D eigenvalue weighted by molar-refractivity contribution is -0.146. The van der Waals surface area contributed by atoms with Gasteiger partial charge in [-0.2, -0.15) is 0 Å². The van der Waals surface area contributed by atoms with Gasteiger partial charge in [0.25, 0.3) is 5.91 Å². The molecule has 0 radical (unpaired) electrons. The highest BCUT2D eigenvalue weighted by molar-refractivity contribution is 5.98. The van der Waals surface area contributed by atoms with Crippen molar-refractivity contribution < 1.29 is 19.1 Å². The molecule has 7 heteroatoms. The summed E-state index contributed by atoms with van der Waals surface area (Å²) in [7, 11) is 1.61. The van der Waals surface area contributed by atoms with Crippen LogP contribution < -0.4 is 10.1 Å². The van der Waals surface area contributed by atoms with E-state index in [4.69, 9.17) is 9.47 Å². The topological polar surface area (TPSA) is 67.9 Å². The van der Waals surface area contributed by atoms with Gasteiger partial charge in [0.05, 0.1) is 13.7 Å². The molecular weight excluding hydrogens is 344 g/mol. The average Bonchev–Trinajstić information content (AvgIpc) is 2.68. The number of carbonyl (C=O) groups excluding carboxylic acids is 2. The quantitative estimate of drug-likeness (QED) is 0.816. The molecule has 1 atom stereocenters. The molecule has 3 rings (SSSR count). The van der Waals surface area contributed by atoms with E-state index in [1.165, 1.54) is 0 Å². The monoisotopic (exact) mass is 368 g/mol. The molecule has 2 fully saturated rings. The maximum atomic E-state index is 12.6. The van der Waals surface area contributed by atoms with Gasteiger partial charge in [0.15, 0.2) is 5.78 Å². The zero-order valence-electron chi connectivity index (χ0n) is 14.4. The largest absolute Gasteiger partial charge is 0.497 e. The molecule has 25 heavy (non-hydrogen) atoms. The fourth-order valence-electron chi connectivity index (χ4n) is 3.28. The van der Waals surface area contributed by atoms with Crippen molar-refractivity contribution in [3.8, 4) is 5.75 Å². The summed E-state index contributed by atoms with van der Waals surface area (Å²) in [4.78, 5) is 26.9. The maximum Gasteiger partial charge on any atom is 0.253 e. The zero-order valence-corrected chi connectivity index (χ0v) is 15.2. The van der Waals surface area contributed by atoms with Crippen molar-refractivity contribution in [1.82, 2.24) is 10.2 Å². The van der Waals surface area contributed by atoms with Gasteiger partial charge in [0, 0.05) is 37.7 Å². The van der Waals surface area contributed by atoms with E-state index in [1.807, 2.05) is 4.90 Å². The SMILES string of the molecule is COc1ccc(C(=O)C2CCN(C(=O)C3CNCCO3)CC2)cc1.Cl. The predicted octanol–water partition coefficient (Wildman–Crippen LogP) is 1.53. The first-order valence-corrected chi connectivity index (χ1v) is 8.48. The molecule has 2 aliphatic heterocycles. The number of ketones is 1. The number of halogens is 1. The summed E-state index contributed by atoms with van der Waals surface area (Å²) in [5, 5.41) is 3.18. The Hall–Kier alpha value is -1.63. The van der Waals surface area contributed by atoms with E-state index in [1.54, 1.807) is 31.4 Å². The van der Waals surface area contributed by atoms with Crippen LogP contribution in [0.4, 0.5) is 0 Å². The van der Waals surface area contributed by atoms with E-state index >= 15 is 0 Å². The van der Waals surface area contributed by atoms with Crippen molar-refractivity contribution in [3.63, 3.8) is 0 Å². The van der Waals surface area contributed by atoms with Gasteiger partial charge in [-0.25, -0.2) is 0 Å². The van der Waals surface area contributed by atoms with Crippen LogP contribution in [0.2, 0.25) is 0 Å². The molecule has 0 saturated carbocycles. The molecule has 0 aliphatic carbocycles. The predicted molar refractivity (Wildman–Crippen MR) is 96.5 cm³/mol. The second kappa shape index (κ2) is 9.17. The Morgan fingerprint density at radius 1 is 1.20 bits per heavy atom. The lowest BCUT2D eigenvalue weighted by Gasteiger charge is -2.34. The number of benzene rings is 1. The number of likely N-dealkylation sites (tertiary alicyclic amines) is 1. The molecule has 2 saturated heterocycles. The van der Waals surface area contributed by atoms with Gasteiger partial charge in [0.2, 0.25) is 0 Å². The van der Waals surface area contributed by atoms with E-state index in [0.717, 1.165) is 12.3 Å². The van der Waals surface area contributed by atoms with E-state index < -0.39 is 0 Å². The Bertz CT molecular complexity index is 579. The smallest absolute Gasteiger partial charge is 0.253 e. The minimum absolute atomic E-state index is 0. The number of amides is 1. The van der Waals surface area contributed by atoms with Crippen molar-refractivity contribution >= 4 is 24.1 Å². The second-order valence-corrected chi connectivity index (χ2v) is 6.26. The van der Waals surface area contributed by atoms with Crippen molar-refractivity contribution in [3.05, 3.63) is 29.8 Å². The number of nitrogens with zero attached hydrogens (tertiary/aromatic N) is 1. The number of ether oxygens (including phenoxy) is 2. The molecule has 2 heterocycles. The highest BCUT2D eigenvalue weighted by Crippen LogP contribution is 2.23. The van der Waals surface area contributed by atoms with Crippen LogP contribution in [0, 0.1) is 5.92 Å². The van der Waals surface area contributed by atoms with Gasteiger partial charge < -0.3 is 19.7 Å². The number of piperidine rings is 1. The van der Waals surface area contributed by atoms with Crippen LogP contribution >= 0.6 is 12.4 Å². The fourth-order valence-corrected chi connectivity index (χ4v) is 3.28. The van der Waals surface area contributed by atoms with Gasteiger partial charge in [-0.05, 0) is 37.1 Å². The van der Waals surface area contributed by atoms with E-state index in [-0.39, 0.29) is 36.1 Å². The number of Topliss-reactive ketones (excluding diaryl/α,β-unsaturated/α-hetero) is 1. The summed E-state index contributed by atoms with van der Waals surface area (Å²) in [5.41, 5.74) is 0.709. The summed E-state index contributed by atoms with van der Waals surface area (Å²) in [6, 6.07) is 7.22. The number of nitrogens with one attached hydrogen (secondary N) is 1. The van der Waals surface area contributed by atoms with Crippen LogP contribution in [0.5, 0.6) is 5.75 Å². The van der Waals surface area contributed by atoms with Gasteiger partial charge in [0.1, 0.15) is 11.9 Å². The number of hydrogen-bond acceptors (Lipinski definition) is 5. The normalized spacial score (nSPS) is 21.3. The molecule has 138 valence electrons. The number of hydrogen-bond donors (Lipinski definition) is 1. The third-order valence-corrected chi connectivity index (χ3v) is 4.76. The molecule has 1 amide bonds. The van der Waals surface area contributed by atoms with Crippen molar-refractivity contribution in [2.75, 3.05) is 39.9 Å². The third kappa shape index (κ3) is 4.71. The Labute approximate surface area is 154 Å². The van der Waals surface area contributed by atoms with Crippen LogP contribution in [0.1, 0.15) is 23.2 Å². The lowest BCUT2D eigenvalue weighted by atomic mass is 9.88. The summed E-state index contributed by atoms with van der Waals surface area (Å²) in [6.45, 7) is 3.17. The Balaban J connectivity index is 0.00000225. The van der Waals surface area contributed by atoms with Gasteiger partial charge in [-0.1, -0.05) is 0 Å². The molecule has 6 nitrogen and oxygen atoms in total. The molecular formula is C18H25ClN2O4. The Morgan fingerprint density at radius 2 is 1.88 bits per heavy atom. The maximum absolute atomic E-state index is 12.6. The first-order chi connectivity index (χ1) is 11.7. The molecule has 1 N–H and O–H groups in total. The van der Waals surface area contributed by atoms with Gasteiger partial charge in [-0.3, -0.25) is 9.59 Å². The number of morpholine rings is 1. The molecule has 1 aromatic rings. The Morgan fingerprint density at radius 3 is 2.44 bits per heavy atom. The third-order valence-electron chi connectivity index (χ3n) is 4.76. The number of rotatable bonds is 4. The minimum Gasteiger partial charge on any atom is -0.497 e. The van der Waals surface area contributed by atoms with Crippen LogP contribution in [-0.4, -0.2) is 62.6 Å². The summed E-state index contributed by atoms with van der Waals surface area (Å²) in [5.74, 6) is 0.916. The first kappa shape index (κ1) is 19.7. The summed E-state index contributed by atoms with van der Waals surface area (Å²) >= 11 is 0. The zero-order chi connectivity index (χ0) is 16.9. The first-order valence-electron chi connectivity index (χ1n) is 8.48. The highest BCUT2D eigenvalue weighted by Gasteiger charge is 2.32. The van der Waals surface area contributed by atoms with Gasteiger partial charge in [-0.15, -0.1) is 12.4 Å². The number of carbonyl (C=O) groups is 2. The van der Waals surface area contributed by atoms with Crippen LogP contribution in [0.25, 0.3) is 0 Å². The van der Waals surface area contributed by atoms with E-state index in [0.29, 0.717) is 44.6 Å². The fraction of sp³-hybridized carbons (Fsp3) is 0.556. The molecule has 0 aromatic heterocycles. The van der Waals surface area contributed by atoms with Crippen LogP contribution in [-0.2, 0) is 9.53 Å². The standard InChI is InChI=1S/C18H24N2O4.ClH/c1-23-15-4-2-13(3-5-15)17(21)14-6-9-20(10-7-14)18(22)16-12-19-8-11-24-16;/h2-5,14,16,19H,6-12H2,1H3;1H. The average molecular weight is 369 g/mol. The van der Waals surface area contributed by atoms with Gasteiger partial charge >= 0.3 is 0 Å². The van der Waals surface area contributed by atoms with Crippen LogP contribution in [0.3, 0.4) is 0 Å². The van der Waals surface area contributed by atoms with Crippen LogP contribution in [0.15, 0.2) is 24.3 Å². The summed E-state index contributed by atoms with van der Waals surface area (Å²) < 4.78 is 10.6. The summed E-state index contributed by atoms with van der Waals surface area (Å²) in [6.07, 6.45) is 1.03. The molecule has 2 aliphatic rings. The molecule has 1 unspecified atom stereocenters. The van der Waals surface area contributed by atoms with Crippen molar-refractivity contribution in [2.24, 2.45) is 5.92 Å². The highest BCUT2D eigenvalue weighted by atomic mass is 35.5. The van der Waals surface area contributed by atoms with E-state index in [9.17, 15) is 9.59 Å². The molecule has 0 bridgehead atoms. The van der Waals surface area contributed by atoms with E-state index in [2.05, 4.69) is 5.32 Å². The molecule has 1 aromatic carbocycles.